The van der Waals surface area contributed by atoms with E-state index in [9.17, 15) is 8.42 Å². The van der Waals surface area contributed by atoms with E-state index in [2.05, 4.69) is 26.0 Å². The number of thiophene rings is 1. The topological polar surface area (TPSA) is 58.2 Å². The molecular formula is C14H17BrN2O2S2. The highest BCUT2D eigenvalue weighted by molar-refractivity contribution is 9.10. The number of halogens is 1. The number of sulfonamides is 1. The van der Waals surface area contributed by atoms with Gasteiger partial charge in [-0.1, -0.05) is 15.9 Å². The number of benzene rings is 1. The number of rotatable bonds is 5. The molecule has 0 atom stereocenters. The number of hydrogen-bond donors (Lipinski definition) is 2. The first-order valence-corrected chi connectivity index (χ1v) is 9.51. The van der Waals surface area contributed by atoms with E-state index >= 15 is 0 Å². The van der Waals surface area contributed by atoms with Crippen LogP contribution in [0.3, 0.4) is 0 Å². The lowest BCUT2D eigenvalue weighted by Crippen LogP contribution is -2.15. The molecule has 0 bridgehead atoms. The molecule has 0 aliphatic carbocycles. The fourth-order valence-electron chi connectivity index (χ4n) is 2.07. The van der Waals surface area contributed by atoms with Crippen molar-refractivity contribution in [3.8, 4) is 0 Å². The van der Waals surface area contributed by atoms with Gasteiger partial charge < -0.3 is 5.32 Å². The molecule has 7 heteroatoms. The Bertz CT molecular complexity index is 731. The third kappa shape index (κ3) is 3.66. The largest absolute Gasteiger partial charge is 0.315 e. The molecule has 0 radical (unpaired) electrons. The Kier molecular flexibility index (Phi) is 5.08. The first-order chi connectivity index (χ1) is 9.85. The summed E-state index contributed by atoms with van der Waals surface area (Å²) in [5.74, 6) is 0. The Morgan fingerprint density at radius 1 is 1.24 bits per heavy atom. The SMILES string of the molecule is CNCc1sccc1S(=O)(=O)Nc1cc(C)c(Br)c(C)c1. The molecule has 0 spiro atoms. The van der Waals surface area contributed by atoms with Gasteiger partial charge in [-0.15, -0.1) is 11.3 Å². The molecule has 2 rings (SSSR count). The molecule has 2 N–H and O–H groups in total. The van der Waals surface area contributed by atoms with Crippen LogP contribution in [-0.2, 0) is 16.6 Å². The van der Waals surface area contributed by atoms with Crippen LogP contribution in [0.25, 0.3) is 0 Å². The second kappa shape index (κ2) is 6.48. The van der Waals surface area contributed by atoms with Crippen molar-refractivity contribution in [3.05, 3.63) is 44.1 Å². The van der Waals surface area contributed by atoms with E-state index in [1.54, 1.807) is 18.5 Å². The quantitative estimate of drug-likeness (QED) is 0.821. The Labute approximate surface area is 137 Å². The maximum atomic E-state index is 12.5. The minimum Gasteiger partial charge on any atom is -0.315 e. The fraction of sp³-hybridized carbons (Fsp3) is 0.286. The zero-order chi connectivity index (χ0) is 15.6. The van der Waals surface area contributed by atoms with Gasteiger partial charge in [-0.2, -0.15) is 0 Å². The van der Waals surface area contributed by atoms with E-state index in [0.29, 0.717) is 17.1 Å². The van der Waals surface area contributed by atoms with Crippen molar-refractivity contribution in [1.82, 2.24) is 5.32 Å². The molecule has 114 valence electrons. The molecule has 0 aliphatic heterocycles. The maximum absolute atomic E-state index is 12.5. The monoisotopic (exact) mass is 388 g/mol. The summed E-state index contributed by atoms with van der Waals surface area (Å²) in [7, 11) is -1.77. The van der Waals surface area contributed by atoms with Crippen LogP contribution in [0.1, 0.15) is 16.0 Å². The predicted molar refractivity (Wildman–Crippen MR) is 91.5 cm³/mol. The summed E-state index contributed by atoms with van der Waals surface area (Å²) in [6.45, 7) is 4.41. The minimum atomic E-state index is -3.56. The van der Waals surface area contributed by atoms with Crippen molar-refractivity contribution >= 4 is 43.0 Å². The van der Waals surface area contributed by atoms with E-state index < -0.39 is 10.0 Å². The Morgan fingerprint density at radius 3 is 2.43 bits per heavy atom. The molecule has 1 heterocycles. The van der Waals surface area contributed by atoms with Gasteiger partial charge in [-0.05, 0) is 55.6 Å². The summed E-state index contributed by atoms with van der Waals surface area (Å²) in [4.78, 5) is 1.13. The lowest BCUT2D eigenvalue weighted by atomic mass is 10.1. The second-order valence-corrected chi connectivity index (χ2v) is 8.21. The van der Waals surface area contributed by atoms with Crippen LogP contribution < -0.4 is 10.0 Å². The highest BCUT2D eigenvalue weighted by Crippen LogP contribution is 2.28. The molecule has 1 aromatic carbocycles. The van der Waals surface area contributed by atoms with Crippen molar-refractivity contribution in [2.24, 2.45) is 0 Å². The van der Waals surface area contributed by atoms with Crippen LogP contribution >= 0.6 is 27.3 Å². The van der Waals surface area contributed by atoms with Crippen LogP contribution in [0, 0.1) is 13.8 Å². The predicted octanol–water partition coefficient (Wildman–Crippen LogP) is 3.65. The number of anilines is 1. The molecular weight excluding hydrogens is 372 g/mol. The van der Waals surface area contributed by atoms with Gasteiger partial charge in [-0.25, -0.2) is 8.42 Å². The van der Waals surface area contributed by atoms with Crippen LogP contribution in [0.4, 0.5) is 5.69 Å². The van der Waals surface area contributed by atoms with Gasteiger partial charge in [0.1, 0.15) is 4.90 Å². The van der Waals surface area contributed by atoms with Gasteiger partial charge in [0.05, 0.1) is 0 Å². The Balaban J connectivity index is 2.35. The number of hydrogen-bond acceptors (Lipinski definition) is 4. The summed E-state index contributed by atoms with van der Waals surface area (Å²) < 4.78 is 28.7. The van der Waals surface area contributed by atoms with Gasteiger partial charge in [0.25, 0.3) is 10.0 Å². The molecule has 0 unspecified atom stereocenters. The molecule has 0 saturated carbocycles. The van der Waals surface area contributed by atoms with E-state index in [4.69, 9.17) is 0 Å². The van der Waals surface area contributed by atoms with Gasteiger partial charge in [-0.3, -0.25) is 4.72 Å². The third-order valence-corrected chi connectivity index (χ3v) is 6.79. The molecule has 0 amide bonds. The van der Waals surface area contributed by atoms with Gasteiger partial charge in [0.15, 0.2) is 0 Å². The van der Waals surface area contributed by atoms with Crippen molar-refractivity contribution in [2.45, 2.75) is 25.3 Å². The summed E-state index contributed by atoms with van der Waals surface area (Å²) >= 11 is 4.91. The fourth-order valence-corrected chi connectivity index (χ4v) is 4.80. The number of nitrogens with one attached hydrogen (secondary N) is 2. The smallest absolute Gasteiger partial charge is 0.263 e. The molecule has 21 heavy (non-hydrogen) atoms. The third-order valence-electron chi connectivity index (χ3n) is 3.02. The summed E-state index contributed by atoms with van der Waals surface area (Å²) in [5, 5.41) is 4.78. The second-order valence-electron chi connectivity index (χ2n) is 4.77. The van der Waals surface area contributed by atoms with Gasteiger partial charge >= 0.3 is 0 Å². The van der Waals surface area contributed by atoms with Crippen molar-refractivity contribution < 1.29 is 8.42 Å². The summed E-state index contributed by atoms with van der Waals surface area (Å²) in [5.41, 5.74) is 2.57. The van der Waals surface area contributed by atoms with Crippen LogP contribution in [0.5, 0.6) is 0 Å². The summed E-state index contributed by atoms with van der Waals surface area (Å²) in [6.07, 6.45) is 0. The maximum Gasteiger partial charge on any atom is 0.263 e. The molecule has 0 fully saturated rings. The molecule has 1 aromatic heterocycles. The first-order valence-electron chi connectivity index (χ1n) is 6.35. The minimum absolute atomic E-state index is 0.333. The van der Waals surface area contributed by atoms with Crippen LogP contribution in [0.15, 0.2) is 32.9 Å². The Morgan fingerprint density at radius 2 is 1.86 bits per heavy atom. The van der Waals surface area contributed by atoms with E-state index in [1.165, 1.54) is 11.3 Å². The average Bonchev–Trinajstić information content (AvgIpc) is 2.85. The highest BCUT2D eigenvalue weighted by atomic mass is 79.9. The van der Waals surface area contributed by atoms with E-state index in [-0.39, 0.29) is 0 Å². The molecule has 0 saturated heterocycles. The molecule has 0 aliphatic rings. The standard InChI is InChI=1S/C14H17BrN2O2S2/c1-9-6-11(7-10(2)14(9)15)17-21(18,19)13-4-5-20-12(13)8-16-3/h4-7,16-17H,8H2,1-3H3. The zero-order valence-corrected chi connectivity index (χ0v) is 15.2. The first kappa shape index (κ1) is 16.5. The van der Waals surface area contributed by atoms with Gasteiger partial charge in [0, 0.05) is 21.6 Å². The molecule has 2 aromatic rings. The lowest BCUT2D eigenvalue weighted by Gasteiger charge is -2.12. The molecule has 4 nitrogen and oxygen atoms in total. The van der Waals surface area contributed by atoms with Crippen LogP contribution in [-0.4, -0.2) is 15.5 Å². The average molecular weight is 389 g/mol. The lowest BCUT2D eigenvalue weighted by molar-refractivity contribution is 0.600. The van der Waals surface area contributed by atoms with Crippen molar-refractivity contribution in [1.29, 1.82) is 0 Å². The van der Waals surface area contributed by atoms with Crippen molar-refractivity contribution in [3.63, 3.8) is 0 Å². The highest BCUT2D eigenvalue weighted by Gasteiger charge is 2.20. The summed E-state index contributed by atoms with van der Waals surface area (Å²) in [6, 6.07) is 5.27. The van der Waals surface area contributed by atoms with Crippen molar-refractivity contribution in [2.75, 3.05) is 11.8 Å². The van der Waals surface area contributed by atoms with Gasteiger partial charge in [0.2, 0.25) is 0 Å². The van der Waals surface area contributed by atoms with E-state index in [0.717, 1.165) is 20.5 Å². The number of aryl methyl sites for hydroxylation is 2. The normalized spacial score (nSPS) is 11.6. The van der Waals surface area contributed by atoms with E-state index in [1.807, 2.05) is 26.0 Å². The Hall–Kier alpha value is -0.890. The van der Waals surface area contributed by atoms with Crippen LogP contribution in [0.2, 0.25) is 0 Å². The zero-order valence-electron chi connectivity index (χ0n) is 12.0.